The number of carbonyl (C=O) groups is 2. The van der Waals surface area contributed by atoms with Gasteiger partial charge < -0.3 is 24.5 Å². The fourth-order valence-electron chi connectivity index (χ4n) is 6.09. The quantitative estimate of drug-likeness (QED) is 0.306. The maximum absolute atomic E-state index is 13.0. The van der Waals surface area contributed by atoms with Crippen molar-refractivity contribution in [3.63, 3.8) is 0 Å². The molecule has 0 aromatic carbocycles. The third-order valence-electron chi connectivity index (χ3n) is 8.78. The van der Waals surface area contributed by atoms with Crippen LogP contribution in [-0.4, -0.2) is 66.7 Å². The zero-order valence-electron chi connectivity index (χ0n) is 24.8. The molecule has 2 aliphatic heterocycles. The molecule has 6 heterocycles. The molecular formula is C31H33N9O4. The Kier molecular flexibility index (Phi) is 6.09. The van der Waals surface area contributed by atoms with Gasteiger partial charge in [0.1, 0.15) is 23.3 Å². The number of nitrogens with zero attached hydrogens (tertiary/aromatic N) is 7. The average Bonchev–Trinajstić information content (AvgIpc) is 3.89. The molecule has 2 saturated heterocycles. The Morgan fingerprint density at radius 3 is 2.64 bits per heavy atom. The van der Waals surface area contributed by atoms with E-state index >= 15 is 0 Å². The minimum atomic E-state index is -0.569. The lowest BCUT2D eigenvalue weighted by molar-refractivity contribution is -0.155. The van der Waals surface area contributed by atoms with E-state index in [4.69, 9.17) is 14.5 Å². The predicted molar refractivity (Wildman–Crippen MR) is 160 cm³/mol. The van der Waals surface area contributed by atoms with Gasteiger partial charge in [-0.1, -0.05) is 0 Å². The van der Waals surface area contributed by atoms with E-state index in [1.165, 1.54) is 5.56 Å². The van der Waals surface area contributed by atoms with Crippen molar-refractivity contribution in [2.75, 3.05) is 35.3 Å². The molecule has 4 aromatic heterocycles. The molecule has 13 nitrogen and oxygen atoms in total. The molecule has 2 amide bonds. The van der Waals surface area contributed by atoms with Gasteiger partial charge in [-0.2, -0.15) is 0 Å². The number of aryl methyl sites for hydroxylation is 2. The molecule has 44 heavy (non-hydrogen) atoms. The van der Waals surface area contributed by atoms with Gasteiger partial charge in [0.25, 0.3) is 0 Å². The fourth-order valence-corrected chi connectivity index (χ4v) is 6.09. The number of nitrogens with one attached hydrogen (secondary N) is 2. The Balaban J connectivity index is 1.01. The number of anilines is 3. The smallest absolute Gasteiger partial charge is 0.415 e. The largest absolute Gasteiger partial charge is 0.436 e. The van der Waals surface area contributed by atoms with Crippen LogP contribution in [0.15, 0.2) is 36.8 Å². The van der Waals surface area contributed by atoms with Crippen molar-refractivity contribution in [3.05, 3.63) is 65.4 Å². The molecule has 4 aliphatic rings. The number of pyridine rings is 1. The van der Waals surface area contributed by atoms with Gasteiger partial charge in [0, 0.05) is 42.2 Å². The van der Waals surface area contributed by atoms with Gasteiger partial charge in [0.15, 0.2) is 11.2 Å². The summed E-state index contributed by atoms with van der Waals surface area (Å²) in [5.41, 5.74) is 3.73. The van der Waals surface area contributed by atoms with Crippen LogP contribution >= 0.6 is 0 Å². The Bertz CT molecular complexity index is 1820. The van der Waals surface area contributed by atoms with Crippen LogP contribution in [-0.2, 0) is 14.3 Å². The summed E-state index contributed by atoms with van der Waals surface area (Å²) in [5.74, 6) is 2.46. The van der Waals surface area contributed by atoms with E-state index < -0.39 is 5.60 Å². The number of carbonyl (C=O) groups excluding carboxylic acids is 2. The highest BCUT2D eigenvalue weighted by molar-refractivity contribution is 5.95. The van der Waals surface area contributed by atoms with Gasteiger partial charge in [-0.25, -0.2) is 29.7 Å². The molecule has 0 radical (unpaired) electrons. The number of fused-ring (bicyclic) bond motifs is 1. The molecule has 2 N–H and O–H groups in total. The number of amides is 2. The van der Waals surface area contributed by atoms with Gasteiger partial charge in [-0.05, 0) is 63.6 Å². The first kappa shape index (κ1) is 26.9. The summed E-state index contributed by atoms with van der Waals surface area (Å²) in [4.78, 5) is 50.4. The van der Waals surface area contributed by atoms with Crippen molar-refractivity contribution in [1.82, 2.24) is 29.3 Å². The van der Waals surface area contributed by atoms with Crippen LogP contribution in [0.1, 0.15) is 72.7 Å². The summed E-state index contributed by atoms with van der Waals surface area (Å²) in [7, 11) is 0. The normalized spacial score (nSPS) is 22.5. The number of hydrogen-bond acceptors (Lipinski definition) is 10. The first-order chi connectivity index (χ1) is 21.2. The molecule has 2 unspecified atom stereocenters. The van der Waals surface area contributed by atoms with Gasteiger partial charge in [0.05, 0.1) is 37.2 Å². The monoisotopic (exact) mass is 595 g/mol. The molecule has 4 aromatic rings. The first-order valence-electron chi connectivity index (χ1n) is 15.1. The zero-order valence-corrected chi connectivity index (χ0v) is 24.8. The zero-order chi connectivity index (χ0) is 30.2. The van der Waals surface area contributed by atoms with Crippen LogP contribution in [0, 0.1) is 19.8 Å². The second-order valence-electron chi connectivity index (χ2n) is 12.5. The first-order valence-corrected chi connectivity index (χ1v) is 15.1. The minimum absolute atomic E-state index is 0.0193. The Hall–Kier alpha value is -4.65. The van der Waals surface area contributed by atoms with Gasteiger partial charge in [-0.15, -0.1) is 0 Å². The molecule has 13 heteroatoms. The third-order valence-corrected chi connectivity index (χ3v) is 8.78. The summed E-state index contributed by atoms with van der Waals surface area (Å²) in [5, 5.41) is 6.37. The molecular weight excluding hydrogens is 562 g/mol. The number of rotatable bonds is 8. The maximum Gasteiger partial charge on any atom is 0.415 e. The molecule has 226 valence electrons. The van der Waals surface area contributed by atoms with Crippen molar-refractivity contribution >= 4 is 35.0 Å². The summed E-state index contributed by atoms with van der Waals surface area (Å²) in [6, 6.07) is 5.43. The number of ether oxygens (including phenoxy) is 2. The minimum Gasteiger partial charge on any atom is -0.436 e. The molecule has 2 saturated carbocycles. The summed E-state index contributed by atoms with van der Waals surface area (Å²) < 4.78 is 13.1. The van der Waals surface area contributed by atoms with Crippen molar-refractivity contribution in [3.8, 4) is 0 Å². The van der Waals surface area contributed by atoms with Crippen LogP contribution in [0.4, 0.5) is 22.1 Å². The van der Waals surface area contributed by atoms with Crippen LogP contribution in [0.3, 0.4) is 0 Å². The predicted octanol–water partition coefficient (Wildman–Crippen LogP) is 4.05. The third kappa shape index (κ3) is 4.90. The Labute approximate surface area is 253 Å². The van der Waals surface area contributed by atoms with Crippen molar-refractivity contribution < 1.29 is 19.1 Å². The van der Waals surface area contributed by atoms with Gasteiger partial charge >= 0.3 is 6.09 Å². The van der Waals surface area contributed by atoms with E-state index in [0.717, 1.165) is 29.9 Å². The highest BCUT2D eigenvalue weighted by Gasteiger charge is 2.52. The number of hydrogen-bond donors (Lipinski definition) is 2. The van der Waals surface area contributed by atoms with E-state index in [9.17, 15) is 9.59 Å². The van der Waals surface area contributed by atoms with E-state index in [2.05, 4.69) is 42.8 Å². The van der Waals surface area contributed by atoms with Crippen molar-refractivity contribution in [1.29, 1.82) is 0 Å². The lowest BCUT2D eigenvalue weighted by atomic mass is 10.0. The van der Waals surface area contributed by atoms with Crippen LogP contribution in [0.5, 0.6) is 0 Å². The van der Waals surface area contributed by atoms with Gasteiger partial charge in [-0.3, -0.25) is 9.69 Å². The fraction of sp³-hybridized carbons (Fsp3) is 0.452. The van der Waals surface area contributed by atoms with Crippen molar-refractivity contribution in [2.45, 2.75) is 63.5 Å². The van der Waals surface area contributed by atoms with Gasteiger partial charge in [0.2, 0.25) is 5.91 Å². The SMILES string of the molecule is Cc1ccnc(C2CC2C(=O)Nc2cc(N[C@H](C)c3cn4cc(C5CC5)cc(N5CC6(COC6)OC5=O)c4n3)nc(C)n2)n1. The summed E-state index contributed by atoms with van der Waals surface area (Å²) in [6.45, 7) is 6.98. The van der Waals surface area contributed by atoms with E-state index in [-0.39, 0.29) is 29.9 Å². The van der Waals surface area contributed by atoms with Crippen LogP contribution in [0.25, 0.3) is 5.65 Å². The number of aromatic nitrogens is 6. The van der Waals surface area contributed by atoms with E-state index in [0.29, 0.717) is 61.0 Å². The molecule has 4 fully saturated rings. The molecule has 8 rings (SSSR count). The lowest BCUT2D eigenvalue weighted by Crippen LogP contribution is -2.52. The standard InChI is InChI=1S/C31H33N9O4/c1-16-6-7-32-27(33-16)21-9-22(21)29(41)38-26-10-25(35-18(3)36-26)34-17(2)23-12-39-11-20(19-4-5-19)8-24(28(39)37-23)40-13-31(14-43-15-31)44-30(40)42/h6-8,10-12,17,19,21-22H,4-5,9,13-15H2,1-3H3,(H2,34,35,36,38,41)/t17-,21?,22?/m1/s1. The lowest BCUT2D eigenvalue weighted by Gasteiger charge is -2.34. The maximum atomic E-state index is 13.0. The van der Waals surface area contributed by atoms with E-state index in [1.807, 2.05) is 30.5 Å². The second-order valence-corrected chi connectivity index (χ2v) is 12.5. The van der Waals surface area contributed by atoms with Crippen LogP contribution < -0.4 is 15.5 Å². The Morgan fingerprint density at radius 2 is 1.91 bits per heavy atom. The number of imidazole rings is 1. The molecule has 0 bridgehead atoms. The Morgan fingerprint density at radius 1 is 1.09 bits per heavy atom. The second kappa shape index (κ2) is 9.94. The topological polar surface area (TPSA) is 149 Å². The summed E-state index contributed by atoms with van der Waals surface area (Å²) in [6.07, 6.45) is 8.45. The molecule has 1 spiro atoms. The van der Waals surface area contributed by atoms with E-state index in [1.54, 1.807) is 24.1 Å². The molecule has 3 atom stereocenters. The highest BCUT2D eigenvalue weighted by atomic mass is 16.6. The van der Waals surface area contributed by atoms with Crippen molar-refractivity contribution in [2.24, 2.45) is 5.92 Å². The molecule has 2 aliphatic carbocycles. The van der Waals surface area contributed by atoms with Crippen LogP contribution in [0.2, 0.25) is 0 Å². The highest BCUT2D eigenvalue weighted by Crippen LogP contribution is 2.46. The average molecular weight is 596 g/mol. The summed E-state index contributed by atoms with van der Waals surface area (Å²) >= 11 is 0.